The normalized spacial score (nSPS) is 12.2. The van der Waals surface area contributed by atoms with Gasteiger partial charge in [-0.05, 0) is 26.0 Å². The third-order valence-corrected chi connectivity index (χ3v) is 4.61. The standard InChI is InChI=1S/C15H17ClN2O2S/c1-9(17-13(19)8-20-3)14-10(2)18-15(21-14)11-4-6-12(16)7-5-11/h4-7,9H,8H2,1-3H3,(H,17,19). The molecule has 0 aliphatic heterocycles. The summed E-state index contributed by atoms with van der Waals surface area (Å²) in [6.45, 7) is 3.95. The van der Waals surface area contributed by atoms with Gasteiger partial charge in [0.05, 0.1) is 16.6 Å². The van der Waals surface area contributed by atoms with E-state index in [1.165, 1.54) is 7.11 Å². The van der Waals surface area contributed by atoms with Crippen LogP contribution in [0.2, 0.25) is 5.02 Å². The van der Waals surface area contributed by atoms with Gasteiger partial charge in [0, 0.05) is 17.7 Å². The summed E-state index contributed by atoms with van der Waals surface area (Å²) < 4.78 is 4.82. The third-order valence-electron chi connectivity index (χ3n) is 2.97. The van der Waals surface area contributed by atoms with Crippen molar-refractivity contribution in [2.45, 2.75) is 19.9 Å². The van der Waals surface area contributed by atoms with E-state index < -0.39 is 0 Å². The van der Waals surface area contributed by atoms with E-state index >= 15 is 0 Å². The highest BCUT2D eigenvalue weighted by atomic mass is 35.5. The molecule has 0 aliphatic rings. The first kappa shape index (κ1) is 15.9. The predicted octanol–water partition coefficient (Wildman–Crippen LogP) is 3.60. The fourth-order valence-corrected chi connectivity index (χ4v) is 3.21. The van der Waals surface area contributed by atoms with Crippen LogP contribution in [-0.4, -0.2) is 24.6 Å². The number of hydrogen-bond donors (Lipinski definition) is 1. The average molecular weight is 325 g/mol. The molecule has 112 valence electrons. The van der Waals surface area contributed by atoms with Gasteiger partial charge in [-0.15, -0.1) is 11.3 Å². The Labute approximate surface area is 133 Å². The van der Waals surface area contributed by atoms with Crippen molar-refractivity contribution in [2.24, 2.45) is 0 Å². The van der Waals surface area contributed by atoms with Crippen LogP contribution >= 0.6 is 22.9 Å². The van der Waals surface area contributed by atoms with Crippen molar-refractivity contribution in [1.82, 2.24) is 10.3 Å². The summed E-state index contributed by atoms with van der Waals surface area (Å²) in [4.78, 5) is 17.2. The molecule has 1 unspecified atom stereocenters. The molecular formula is C15H17ClN2O2S. The number of methoxy groups -OCH3 is 1. The first-order chi connectivity index (χ1) is 10.0. The first-order valence-electron chi connectivity index (χ1n) is 6.53. The SMILES string of the molecule is COCC(=O)NC(C)c1sc(-c2ccc(Cl)cc2)nc1C. The summed E-state index contributed by atoms with van der Waals surface area (Å²) in [5.74, 6) is -0.133. The number of thiazole rings is 1. The van der Waals surface area contributed by atoms with Crippen LogP contribution in [0.3, 0.4) is 0 Å². The van der Waals surface area contributed by atoms with Crippen LogP contribution in [-0.2, 0) is 9.53 Å². The maximum atomic E-state index is 11.6. The molecule has 1 heterocycles. The monoisotopic (exact) mass is 324 g/mol. The van der Waals surface area contributed by atoms with E-state index in [2.05, 4.69) is 10.3 Å². The second-order valence-corrected chi connectivity index (χ2v) is 6.16. The topological polar surface area (TPSA) is 51.2 Å². The maximum Gasteiger partial charge on any atom is 0.246 e. The number of benzene rings is 1. The second kappa shape index (κ2) is 7.02. The molecule has 1 amide bonds. The van der Waals surface area contributed by atoms with Crippen molar-refractivity contribution in [2.75, 3.05) is 13.7 Å². The third kappa shape index (κ3) is 4.03. The van der Waals surface area contributed by atoms with Gasteiger partial charge in [-0.25, -0.2) is 4.98 Å². The van der Waals surface area contributed by atoms with Gasteiger partial charge >= 0.3 is 0 Å². The summed E-state index contributed by atoms with van der Waals surface area (Å²) in [7, 11) is 1.50. The van der Waals surface area contributed by atoms with E-state index in [1.54, 1.807) is 11.3 Å². The number of nitrogens with one attached hydrogen (secondary N) is 1. The zero-order valence-electron chi connectivity index (χ0n) is 12.1. The molecule has 6 heteroatoms. The zero-order chi connectivity index (χ0) is 15.4. The Balaban J connectivity index is 2.18. The van der Waals surface area contributed by atoms with Gasteiger partial charge in [0.2, 0.25) is 5.91 Å². The summed E-state index contributed by atoms with van der Waals surface area (Å²) in [6.07, 6.45) is 0. The van der Waals surface area contributed by atoms with Gasteiger partial charge in [0.1, 0.15) is 11.6 Å². The van der Waals surface area contributed by atoms with E-state index in [0.29, 0.717) is 5.02 Å². The number of ether oxygens (including phenoxy) is 1. The molecule has 0 saturated carbocycles. The van der Waals surface area contributed by atoms with Crippen LogP contribution in [0.25, 0.3) is 10.6 Å². The van der Waals surface area contributed by atoms with Gasteiger partial charge in [-0.3, -0.25) is 4.79 Å². The van der Waals surface area contributed by atoms with Crippen LogP contribution in [0.4, 0.5) is 0 Å². The Hall–Kier alpha value is -1.43. The summed E-state index contributed by atoms with van der Waals surface area (Å²) in [5.41, 5.74) is 1.95. The van der Waals surface area contributed by atoms with Crippen LogP contribution in [0.5, 0.6) is 0 Å². The lowest BCUT2D eigenvalue weighted by Crippen LogP contribution is -2.29. The Morgan fingerprint density at radius 2 is 2.10 bits per heavy atom. The van der Waals surface area contributed by atoms with Crippen LogP contribution in [0.1, 0.15) is 23.5 Å². The van der Waals surface area contributed by atoms with Crippen LogP contribution in [0.15, 0.2) is 24.3 Å². The average Bonchev–Trinajstić information content (AvgIpc) is 2.82. The number of hydrogen-bond acceptors (Lipinski definition) is 4. The molecule has 1 N–H and O–H groups in total. The molecule has 0 fully saturated rings. The zero-order valence-corrected chi connectivity index (χ0v) is 13.7. The largest absolute Gasteiger partial charge is 0.375 e. The van der Waals surface area contributed by atoms with E-state index in [9.17, 15) is 4.79 Å². The number of rotatable bonds is 5. The molecule has 2 aromatic rings. The number of aryl methyl sites for hydroxylation is 1. The van der Waals surface area contributed by atoms with Crippen molar-refractivity contribution < 1.29 is 9.53 Å². The summed E-state index contributed by atoms with van der Waals surface area (Å²) >= 11 is 7.47. The lowest BCUT2D eigenvalue weighted by Gasteiger charge is -2.12. The first-order valence-corrected chi connectivity index (χ1v) is 7.72. The van der Waals surface area contributed by atoms with E-state index in [4.69, 9.17) is 16.3 Å². The number of halogens is 1. The van der Waals surface area contributed by atoms with E-state index in [0.717, 1.165) is 21.1 Å². The molecule has 21 heavy (non-hydrogen) atoms. The number of nitrogens with zero attached hydrogens (tertiary/aromatic N) is 1. The van der Waals surface area contributed by atoms with Crippen molar-refractivity contribution >= 4 is 28.8 Å². The van der Waals surface area contributed by atoms with E-state index in [-0.39, 0.29) is 18.6 Å². The molecule has 0 saturated heterocycles. The maximum absolute atomic E-state index is 11.6. The molecule has 2 rings (SSSR count). The van der Waals surface area contributed by atoms with Crippen LogP contribution < -0.4 is 5.32 Å². The number of carbonyl (C=O) groups excluding carboxylic acids is 1. The van der Waals surface area contributed by atoms with Gasteiger partial charge in [-0.2, -0.15) is 0 Å². The van der Waals surface area contributed by atoms with E-state index in [1.807, 2.05) is 38.1 Å². The minimum atomic E-state index is -0.133. The Morgan fingerprint density at radius 1 is 1.43 bits per heavy atom. The van der Waals surface area contributed by atoms with Gasteiger partial charge in [0.15, 0.2) is 0 Å². The van der Waals surface area contributed by atoms with Crippen molar-refractivity contribution in [3.8, 4) is 10.6 Å². The van der Waals surface area contributed by atoms with Crippen molar-refractivity contribution in [3.05, 3.63) is 39.9 Å². The molecule has 1 atom stereocenters. The minimum absolute atomic E-state index is 0.0617. The van der Waals surface area contributed by atoms with Crippen molar-refractivity contribution in [1.29, 1.82) is 0 Å². The highest BCUT2D eigenvalue weighted by Crippen LogP contribution is 2.32. The number of carbonyl (C=O) groups is 1. The highest BCUT2D eigenvalue weighted by Gasteiger charge is 2.17. The van der Waals surface area contributed by atoms with Crippen molar-refractivity contribution in [3.63, 3.8) is 0 Å². The molecule has 4 nitrogen and oxygen atoms in total. The van der Waals surface area contributed by atoms with Gasteiger partial charge in [-0.1, -0.05) is 23.7 Å². The Morgan fingerprint density at radius 3 is 2.71 bits per heavy atom. The molecule has 0 spiro atoms. The quantitative estimate of drug-likeness (QED) is 0.914. The minimum Gasteiger partial charge on any atom is -0.375 e. The predicted molar refractivity (Wildman–Crippen MR) is 85.7 cm³/mol. The highest BCUT2D eigenvalue weighted by molar-refractivity contribution is 7.15. The molecule has 1 aromatic heterocycles. The number of aromatic nitrogens is 1. The van der Waals surface area contributed by atoms with Gasteiger partial charge < -0.3 is 10.1 Å². The Bertz CT molecular complexity index is 625. The molecular weight excluding hydrogens is 308 g/mol. The second-order valence-electron chi connectivity index (χ2n) is 4.70. The lowest BCUT2D eigenvalue weighted by atomic mass is 10.2. The summed E-state index contributed by atoms with van der Waals surface area (Å²) in [5, 5.41) is 4.52. The molecule has 0 radical (unpaired) electrons. The fourth-order valence-electron chi connectivity index (χ4n) is 2.01. The summed E-state index contributed by atoms with van der Waals surface area (Å²) in [6, 6.07) is 7.48. The smallest absolute Gasteiger partial charge is 0.246 e. The lowest BCUT2D eigenvalue weighted by molar-refractivity contribution is -0.125. The molecule has 0 bridgehead atoms. The molecule has 0 aliphatic carbocycles. The fraction of sp³-hybridized carbons (Fsp3) is 0.333. The Kier molecular flexibility index (Phi) is 5.33. The number of amides is 1. The molecule has 1 aromatic carbocycles. The van der Waals surface area contributed by atoms with Crippen LogP contribution in [0, 0.1) is 6.92 Å². The van der Waals surface area contributed by atoms with Gasteiger partial charge in [0.25, 0.3) is 0 Å².